The standard InChI is InChI=1S/C49H60N8O6/c1-48(2,3)42(53-46(61)63-7)44(59)54-56(30-34-20-22-35(23-21-34)38-18-13-14-25-50-38)32-41(58)40(29-33-15-9-8-10-16-33)52-45(60)43(49(4,5)6)57-28-27-55(47(57)62)31-36-24-26-51-39-19-12-11-17-37(36)39/h8-26,40-43,58H,27-32H2,1-7H3,(H,52,60)(H,53,61)(H,54,59). The summed E-state index contributed by atoms with van der Waals surface area (Å²) in [6, 6.07) is 29.7. The number of aliphatic hydroxyl groups excluding tert-OH is 1. The number of methoxy groups -OCH3 is 1. The zero-order chi connectivity index (χ0) is 45.3. The molecule has 2 aromatic heterocycles. The Morgan fingerprint density at radius 2 is 1.48 bits per heavy atom. The lowest BCUT2D eigenvalue weighted by Crippen LogP contribution is -2.61. The van der Waals surface area contributed by atoms with Crippen LogP contribution in [0.5, 0.6) is 0 Å². The lowest BCUT2D eigenvalue weighted by Gasteiger charge is -2.38. The summed E-state index contributed by atoms with van der Waals surface area (Å²) in [6.07, 6.45) is 1.75. The van der Waals surface area contributed by atoms with Crippen LogP contribution in [-0.4, -0.2) is 105 Å². The summed E-state index contributed by atoms with van der Waals surface area (Å²) in [6.45, 7) is 12.5. The minimum absolute atomic E-state index is 0.114. The number of nitrogens with one attached hydrogen (secondary N) is 3. The number of fused-ring (bicyclic) bond motifs is 1. The molecular weight excluding hydrogens is 797 g/mol. The molecule has 5 aromatic rings. The van der Waals surface area contributed by atoms with Crippen LogP contribution in [0, 0.1) is 10.8 Å². The zero-order valence-corrected chi connectivity index (χ0v) is 37.2. The first kappa shape index (κ1) is 46.1. The van der Waals surface area contributed by atoms with E-state index in [1.165, 1.54) is 7.11 Å². The smallest absolute Gasteiger partial charge is 0.407 e. The number of urea groups is 1. The zero-order valence-electron chi connectivity index (χ0n) is 37.2. The fourth-order valence-corrected chi connectivity index (χ4v) is 8.01. The van der Waals surface area contributed by atoms with Gasteiger partial charge in [0.1, 0.15) is 12.1 Å². The fourth-order valence-electron chi connectivity index (χ4n) is 8.01. The molecule has 0 saturated carbocycles. The van der Waals surface area contributed by atoms with E-state index in [4.69, 9.17) is 4.74 Å². The number of nitrogens with zero attached hydrogens (tertiary/aromatic N) is 5. The molecule has 1 aliphatic rings. The fraction of sp³-hybridized carbons (Fsp3) is 0.388. The Morgan fingerprint density at radius 1 is 0.778 bits per heavy atom. The predicted molar refractivity (Wildman–Crippen MR) is 243 cm³/mol. The van der Waals surface area contributed by atoms with Crippen LogP contribution >= 0.6 is 0 Å². The topological polar surface area (TPSA) is 169 Å². The first-order valence-corrected chi connectivity index (χ1v) is 21.3. The van der Waals surface area contributed by atoms with Gasteiger partial charge in [-0.25, -0.2) is 14.6 Å². The van der Waals surface area contributed by atoms with E-state index >= 15 is 0 Å². The number of rotatable bonds is 16. The van der Waals surface area contributed by atoms with E-state index < -0.39 is 53.0 Å². The number of pyridine rings is 2. The van der Waals surface area contributed by atoms with Gasteiger partial charge in [0.15, 0.2) is 0 Å². The molecule has 63 heavy (non-hydrogen) atoms. The first-order valence-electron chi connectivity index (χ1n) is 21.3. The lowest BCUT2D eigenvalue weighted by molar-refractivity contribution is -0.133. The highest BCUT2D eigenvalue weighted by Crippen LogP contribution is 2.30. The summed E-state index contributed by atoms with van der Waals surface area (Å²) in [5, 5.41) is 20.6. The van der Waals surface area contributed by atoms with Gasteiger partial charge in [-0.3, -0.25) is 25.0 Å². The van der Waals surface area contributed by atoms with Crippen LogP contribution < -0.4 is 16.1 Å². The number of alkyl carbamates (subject to hydrolysis) is 1. The third-order valence-corrected chi connectivity index (χ3v) is 11.2. The van der Waals surface area contributed by atoms with Crippen molar-refractivity contribution in [3.63, 3.8) is 0 Å². The summed E-state index contributed by atoms with van der Waals surface area (Å²) in [7, 11) is 1.23. The second-order valence-electron chi connectivity index (χ2n) is 18.2. The summed E-state index contributed by atoms with van der Waals surface area (Å²) in [5.41, 5.74) is 6.79. The van der Waals surface area contributed by atoms with Gasteiger partial charge in [-0.1, -0.05) is 120 Å². The molecule has 6 rings (SSSR count). The maximum Gasteiger partial charge on any atom is 0.407 e. The highest BCUT2D eigenvalue weighted by molar-refractivity contribution is 5.89. The number of para-hydroxylation sites is 1. The first-order chi connectivity index (χ1) is 30.0. The van der Waals surface area contributed by atoms with E-state index in [9.17, 15) is 24.3 Å². The minimum atomic E-state index is -1.23. The molecule has 332 valence electrons. The van der Waals surface area contributed by atoms with E-state index in [-0.39, 0.29) is 25.5 Å². The van der Waals surface area contributed by atoms with Gasteiger partial charge in [0, 0.05) is 56.1 Å². The molecule has 3 heterocycles. The summed E-state index contributed by atoms with van der Waals surface area (Å²) >= 11 is 0. The maximum atomic E-state index is 14.7. The number of hydrazine groups is 1. The molecule has 5 amide bonds. The Hall–Kier alpha value is -6.38. The molecule has 0 aliphatic carbocycles. The summed E-state index contributed by atoms with van der Waals surface area (Å²) in [4.78, 5) is 67.7. The monoisotopic (exact) mass is 856 g/mol. The largest absolute Gasteiger partial charge is 0.453 e. The van der Waals surface area contributed by atoms with Crippen molar-refractivity contribution in [3.05, 3.63) is 132 Å². The number of aromatic nitrogens is 2. The molecule has 0 spiro atoms. The molecule has 1 aliphatic heterocycles. The van der Waals surface area contributed by atoms with Crippen LogP contribution in [0.15, 0.2) is 116 Å². The molecule has 0 radical (unpaired) electrons. The molecule has 1 fully saturated rings. The van der Waals surface area contributed by atoms with E-state index in [1.54, 1.807) is 27.2 Å². The number of carbonyl (C=O) groups excluding carboxylic acids is 4. The van der Waals surface area contributed by atoms with Gasteiger partial charge >= 0.3 is 12.1 Å². The Balaban J connectivity index is 1.26. The highest BCUT2D eigenvalue weighted by atomic mass is 16.5. The van der Waals surface area contributed by atoms with Gasteiger partial charge in [0.2, 0.25) is 5.91 Å². The van der Waals surface area contributed by atoms with Crippen LogP contribution in [0.2, 0.25) is 0 Å². The molecular formula is C49H60N8O6. The SMILES string of the molecule is COC(=O)NC(C(=O)NN(Cc1ccc(-c2ccccn2)cc1)CC(O)C(Cc1ccccc1)NC(=O)C(N1CCN(Cc2ccnc3ccccc23)C1=O)C(C)(C)C)C(C)(C)C. The van der Waals surface area contributed by atoms with E-state index in [0.29, 0.717) is 19.6 Å². The van der Waals surface area contributed by atoms with Gasteiger partial charge < -0.3 is 30.3 Å². The van der Waals surface area contributed by atoms with Gasteiger partial charge in [-0.15, -0.1) is 0 Å². The second-order valence-corrected chi connectivity index (χ2v) is 18.2. The quantitative estimate of drug-likeness (QED) is 0.0828. The van der Waals surface area contributed by atoms with Gasteiger partial charge in [0.05, 0.1) is 30.5 Å². The maximum absolute atomic E-state index is 14.7. The normalized spacial score (nSPS) is 15.2. The number of benzene rings is 3. The molecule has 14 heteroatoms. The third-order valence-electron chi connectivity index (χ3n) is 11.2. The van der Waals surface area contributed by atoms with Crippen molar-refractivity contribution in [1.82, 2.24) is 40.8 Å². The van der Waals surface area contributed by atoms with Gasteiger partial charge in [-0.2, -0.15) is 0 Å². The third kappa shape index (κ3) is 12.0. The highest BCUT2D eigenvalue weighted by Gasteiger charge is 2.44. The van der Waals surface area contributed by atoms with Crippen molar-refractivity contribution in [1.29, 1.82) is 0 Å². The number of hydrogen-bond donors (Lipinski definition) is 4. The lowest BCUT2D eigenvalue weighted by atomic mass is 9.84. The van der Waals surface area contributed by atoms with Crippen LogP contribution in [0.25, 0.3) is 22.2 Å². The summed E-state index contributed by atoms with van der Waals surface area (Å²) < 4.78 is 4.84. The van der Waals surface area contributed by atoms with Crippen molar-refractivity contribution in [2.45, 2.75) is 85.3 Å². The number of carbonyl (C=O) groups is 4. The molecule has 0 bridgehead atoms. The molecule has 4 N–H and O–H groups in total. The number of aliphatic hydroxyl groups is 1. The van der Waals surface area contributed by atoms with Crippen LogP contribution in [0.3, 0.4) is 0 Å². The Morgan fingerprint density at radius 3 is 2.14 bits per heavy atom. The molecule has 14 nitrogen and oxygen atoms in total. The average molecular weight is 857 g/mol. The van der Waals surface area contributed by atoms with Crippen LogP contribution in [0.1, 0.15) is 58.2 Å². The summed E-state index contributed by atoms with van der Waals surface area (Å²) in [5.74, 6) is -0.915. The minimum Gasteiger partial charge on any atom is -0.453 e. The Labute approximate surface area is 370 Å². The number of hydrogen-bond acceptors (Lipinski definition) is 9. The molecule has 4 unspecified atom stereocenters. The predicted octanol–water partition coefficient (Wildman–Crippen LogP) is 6.34. The Kier molecular flexibility index (Phi) is 14.8. The van der Waals surface area contributed by atoms with E-state index in [2.05, 4.69) is 26.0 Å². The molecule has 1 saturated heterocycles. The van der Waals surface area contributed by atoms with Crippen molar-refractivity contribution in [3.8, 4) is 11.3 Å². The molecule has 3 aromatic carbocycles. The molecule has 4 atom stereocenters. The van der Waals surface area contributed by atoms with Crippen LogP contribution in [-0.2, 0) is 33.8 Å². The Bertz CT molecular complexity index is 2330. The second kappa shape index (κ2) is 20.2. The van der Waals surface area contributed by atoms with Crippen molar-refractivity contribution >= 4 is 34.8 Å². The van der Waals surface area contributed by atoms with E-state index in [0.717, 1.165) is 38.9 Å². The van der Waals surface area contributed by atoms with Crippen molar-refractivity contribution in [2.75, 3.05) is 26.7 Å². The van der Waals surface area contributed by atoms with Crippen molar-refractivity contribution < 1.29 is 29.0 Å². The average Bonchev–Trinajstić information content (AvgIpc) is 3.60. The van der Waals surface area contributed by atoms with Gasteiger partial charge in [-0.05, 0) is 58.2 Å². The number of ether oxygens (including phenoxy) is 1. The van der Waals surface area contributed by atoms with E-state index in [1.807, 2.05) is 145 Å². The van der Waals surface area contributed by atoms with Crippen LogP contribution in [0.4, 0.5) is 9.59 Å². The van der Waals surface area contributed by atoms with Gasteiger partial charge in [0.25, 0.3) is 5.91 Å². The van der Waals surface area contributed by atoms with Crippen molar-refractivity contribution in [2.24, 2.45) is 10.8 Å². The number of amides is 5.